The van der Waals surface area contributed by atoms with Crippen molar-refractivity contribution in [2.75, 3.05) is 19.8 Å². The molecule has 5 nitrogen and oxygen atoms in total. The van der Waals surface area contributed by atoms with Gasteiger partial charge < -0.3 is 9.47 Å². The summed E-state index contributed by atoms with van der Waals surface area (Å²) in [5.41, 5.74) is 0.963. The number of benzene rings is 2. The zero-order chi connectivity index (χ0) is 16.3. The second kappa shape index (κ2) is 9.48. The molecule has 0 unspecified atom stereocenters. The summed E-state index contributed by atoms with van der Waals surface area (Å²) in [5, 5.41) is 1.22. The van der Waals surface area contributed by atoms with Gasteiger partial charge in [-0.15, -0.1) is 0 Å². The Morgan fingerprint density at radius 3 is 2.26 bits per heavy atom. The maximum Gasteiger partial charge on any atom is 0.434 e. The van der Waals surface area contributed by atoms with Crippen molar-refractivity contribution in [2.24, 2.45) is 0 Å². The molecule has 0 bridgehead atoms. The quantitative estimate of drug-likeness (QED) is 0.551. The second-order valence-electron chi connectivity index (χ2n) is 4.72. The molecular formula is C18H21NO4. The third-order valence-corrected chi connectivity index (χ3v) is 2.98. The average Bonchev–Trinajstić information content (AvgIpc) is 2.59. The molecule has 0 heterocycles. The molecule has 0 aliphatic rings. The van der Waals surface area contributed by atoms with E-state index in [1.165, 1.54) is 5.06 Å². The van der Waals surface area contributed by atoms with E-state index in [0.29, 0.717) is 19.8 Å². The third kappa shape index (κ3) is 6.00. The fraction of sp³-hybridized carbons (Fsp3) is 0.278. The Morgan fingerprint density at radius 1 is 0.957 bits per heavy atom. The summed E-state index contributed by atoms with van der Waals surface area (Å²) in [7, 11) is 0. The van der Waals surface area contributed by atoms with Crippen molar-refractivity contribution >= 4 is 6.09 Å². The Morgan fingerprint density at radius 2 is 1.61 bits per heavy atom. The molecule has 0 radical (unpaired) electrons. The lowest BCUT2D eigenvalue weighted by Crippen LogP contribution is -2.32. The van der Waals surface area contributed by atoms with Gasteiger partial charge in [-0.3, -0.25) is 4.84 Å². The minimum atomic E-state index is -0.504. The summed E-state index contributed by atoms with van der Waals surface area (Å²) in [5.74, 6) is 0.766. The van der Waals surface area contributed by atoms with Crippen molar-refractivity contribution in [3.05, 3.63) is 66.2 Å². The fourth-order valence-electron chi connectivity index (χ4n) is 1.93. The van der Waals surface area contributed by atoms with Crippen LogP contribution in [0.3, 0.4) is 0 Å². The molecule has 1 amide bonds. The van der Waals surface area contributed by atoms with E-state index in [9.17, 15) is 4.79 Å². The molecule has 0 saturated carbocycles. The summed E-state index contributed by atoms with van der Waals surface area (Å²) in [4.78, 5) is 17.5. The van der Waals surface area contributed by atoms with E-state index in [4.69, 9.17) is 14.3 Å². The SMILES string of the molecule is CCOC(=O)N(Cc1ccccc1)OCCOc1ccccc1. The van der Waals surface area contributed by atoms with Crippen LogP contribution in [0.1, 0.15) is 12.5 Å². The van der Waals surface area contributed by atoms with Crippen molar-refractivity contribution in [3.63, 3.8) is 0 Å². The van der Waals surface area contributed by atoms with Gasteiger partial charge in [-0.05, 0) is 24.6 Å². The summed E-state index contributed by atoms with van der Waals surface area (Å²) in [6, 6.07) is 19.1. The smallest absolute Gasteiger partial charge is 0.434 e. The van der Waals surface area contributed by atoms with Gasteiger partial charge in [0, 0.05) is 0 Å². The molecule has 122 valence electrons. The Balaban J connectivity index is 1.83. The maximum atomic E-state index is 11.9. The highest BCUT2D eigenvalue weighted by Gasteiger charge is 2.16. The highest BCUT2D eigenvalue weighted by atomic mass is 16.7. The predicted octanol–water partition coefficient (Wildman–Crippen LogP) is 3.66. The lowest BCUT2D eigenvalue weighted by molar-refractivity contribution is -0.147. The molecule has 23 heavy (non-hydrogen) atoms. The van der Waals surface area contributed by atoms with E-state index < -0.39 is 6.09 Å². The third-order valence-electron chi connectivity index (χ3n) is 2.98. The van der Waals surface area contributed by atoms with Crippen molar-refractivity contribution < 1.29 is 19.1 Å². The van der Waals surface area contributed by atoms with E-state index in [2.05, 4.69) is 0 Å². The van der Waals surface area contributed by atoms with Crippen LogP contribution in [0.25, 0.3) is 0 Å². The van der Waals surface area contributed by atoms with Gasteiger partial charge in [0.15, 0.2) is 0 Å². The number of carbonyl (C=O) groups is 1. The molecule has 0 aromatic heterocycles. The molecule has 5 heteroatoms. The van der Waals surface area contributed by atoms with E-state index in [1.54, 1.807) is 6.92 Å². The zero-order valence-corrected chi connectivity index (χ0v) is 13.2. The molecule has 0 aliphatic carbocycles. The normalized spacial score (nSPS) is 10.1. The molecule has 0 saturated heterocycles. The molecule has 0 N–H and O–H groups in total. The molecule has 0 spiro atoms. The maximum absolute atomic E-state index is 11.9. The number of ether oxygens (including phenoxy) is 2. The van der Waals surface area contributed by atoms with E-state index in [-0.39, 0.29) is 6.61 Å². The standard InChI is InChI=1S/C18H21NO4/c1-2-21-18(20)19(15-16-9-5-3-6-10-16)23-14-13-22-17-11-7-4-8-12-17/h3-12H,2,13-15H2,1H3. The van der Waals surface area contributed by atoms with Gasteiger partial charge in [-0.1, -0.05) is 48.5 Å². The van der Waals surface area contributed by atoms with Gasteiger partial charge in [-0.25, -0.2) is 4.79 Å². The molecule has 2 rings (SSSR count). The topological polar surface area (TPSA) is 48.0 Å². The van der Waals surface area contributed by atoms with Gasteiger partial charge in [-0.2, -0.15) is 5.06 Å². The van der Waals surface area contributed by atoms with Crippen LogP contribution in [0.2, 0.25) is 0 Å². The number of amides is 1. The summed E-state index contributed by atoms with van der Waals surface area (Å²) in [6.07, 6.45) is -0.504. The van der Waals surface area contributed by atoms with Crippen LogP contribution < -0.4 is 4.74 Å². The number of rotatable bonds is 8. The number of hydrogen-bond donors (Lipinski definition) is 0. The summed E-state index contributed by atoms with van der Waals surface area (Å²) < 4.78 is 10.6. The van der Waals surface area contributed by atoms with E-state index in [1.807, 2.05) is 60.7 Å². The predicted molar refractivity (Wildman–Crippen MR) is 86.9 cm³/mol. The first-order valence-electron chi connectivity index (χ1n) is 7.58. The second-order valence-corrected chi connectivity index (χ2v) is 4.72. The Bertz CT molecular complexity index is 574. The number of hydroxylamine groups is 2. The van der Waals surface area contributed by atoms with Crippen LogP contribution in [0, 0.1) is 0 Å². The van der Waals surface area contributed by atoms with Gasteiger partial charge in [0.05, 0.1) is 13.2 Å². The number of nitrogens with zero attached hydrogens (tertiary/aromatic N) is 1. The molecule has 0 fully saturated rings. The van der Waals surface area contributed by atoms with Gasteiger partial charge in [0.2, 0.25) is 0 Å². The van der Waals surface area contributed by atoms with Gasteiger partial charge >= 0.3 is 6.09 Å². The lowest BCUT2D eigenvalue weighted by atomic mass is 10.2. The Labute approximate surface area is 136 Å². The lowest BCUT2D eigenvalue weighted by Gasteiger charge is -2.21. The van der Waals surface area contributed by atoms with Crippen molar-refractivity contribution in [1.29, 1.82) is 0 Å². The summed E-state index contributed by atoms with van der Waals surface area (Å²) in [6.45, 7) is 2.98. The zero-order valence-electron chi connectivity index (χ0n) is 13.2. The molecule has 2 aromatic carbocycles. The van der Waals surface area contributed by atoms with Crippen LogP contribution in [0.5, 0.6) is 5.75 Å². The van der Waals surface area contributed by atoms with Crippen molar-refractivity contribution in [1.82, 2.24) is 5.06 Å². The minimum absolute atomic E-state index is 0.251. The van der Waals surface area contributed by atoms with E-state index >= 15 is 0 Å². The van der Waals surface area contributed by atoms with Crippen LogP contribution >= 0.6 is 0 Å². The number of para-hydroxylation sites is 1. The van der Waals surface area contributed by atoms with Gasteiger partial charge in [0.25, 0.3) is 0 Å². The first-order chi connectivity index (χ1) is 11.3. The van der Waals surface area contributed by atoms with Gasteiger partial charge in [0.1, 0.15) is 19.0 Å². The largest absolute Gasteiger partial charge is 0.491 e. The van der Waals surface area contributed by atoms with Crippen LogP contribution in [-0.4, -0.2) is 31.0 Å². The number of hydrogen-bond acceptors (Lipinski definition) is 4. The minimum Gasteiger partial charge on any atom is -0.491 e. The van der Waals surface area contributed by atoms with Crippen molar-refractivity contribution in [3.8, 4) is 5.75 Å². The van der Waals surface area contributed by atoms with Crippen LogP contribution in [0.15, 0.2) is 60.7 Å². The molecule has 2 aromatic rings. The molecule has 0 atom stereocenters. The molecular weight excluding hydrogens is 294 g/mol. The number of carbonyl (C=O) groups excluding carboxylic acids is 1. The highest BCUT2D eigenvalue weighted by molar-refractivity contribution is 5.66. The fourth-order valence-corrected chi connectivity index (χ4v) is 1.93. The Kier molecular flexibility index (Phi) is 6.94. The highest BCUT2D eigenvalue weighted by Crippen LogP contribution is 2.09. The van der Waals surface area contributed by atoms with Crippen molar-refractivity contribution in [2.45, 2.75) is 13.5 Å². The average molecular weight is 315 g/mol. The van der Waals surface area contributed by atoms with Crippen LogP contribution in [0.4, 0.5) is 4.79 Å². The first-order valence-corrected chi connectivity index (χ1v) is 7.58. The first kappa shape index (κ1) is 16.8. The Hall–Kier alpha value is -2.53. The summed E-state index contributed by atoms with van der Waals surface area (Å²) >= 11 is 0. The van der Waals surface area contributed by atoms with E-state index in [0.717, 1.165) is 11.3 Å². The monoisotopic (exact) mass is 315 g/mol. The molecule has 0 aliphatic heterocycles. The van der Waals surface area contributed by atoms with Crippen LogP contribution in [-0.2, 0) is 16.1 Å².